The number of hydrogen-bond donors (Lipinski definition) is 2. The molecule has 0 unspecified atom stereocenters. The summed E-state index contributed by atoms with van der Waals surface area (Å²) in [5, 5.41) is 3.34. The first kappa shape index (κ1) is 13.8. The fourth-order valence-electron chi connectivity index (χ4n) is 1.48. The second-order valence-electron chi connectivity index (χ2n) is 4.82. The molecular formula is C14H24N2O. The van der Waals surface area contributed by atoms with Crippen LogP contribution in [0.25, 0.3) is 0 Å². The SMILES string of the molecule is Cc1ccc(NCCCOCC(C)C)cc1N. The molecule has 3 heteroatoms. The van der Waals surface area contributed by atoms with E-state index in [0.29, 0.717) is 5.92 Å². The van der Waals surface area contributed by atoms with Gasteiger partial charge in [0.05, 0.1) is 0 Å². The van der Waals surface area contributed by atoms with Crippen LogP contribution in [-0.4, -0.2) is 19.8 Å². The molecule has 3 nitrogen and oxygen atoms in total. The molecule has 0 amide bonds. The minimum Gasteiger partial charge on any atom is -0.398 e. The summed E-state index contributed by atoms with van der Waals surface area (Å²) in [7, 11) is 0. The summed E-state index contributed by atoms with van der Waals surface area (Å²) in [5.74, 6) is 0.611. The van der Waals surface area contributed by atoms with E-state index in [4.69, 9.17) is 10.5 Å². The number of nitrogen functional groups attached to an aromatic ring is 1. The number of nitrogens with one attached hydrogen (secondary N) is 1. The van der Waals surface area contributed by atoms with Gasteiger partial charge in [0.2, 0.25) is 0 Å². The highest BCUT2D eigenvalue weighted by molar-refractivity contribution is 5.58. The highest BCUT2D eigenvalue weighted by atomic mass is 16.5. The molecule has 96 valence electrons. The number of hydrogen-bond acceptors (Lipinski definition) is 3. The predicted octanol–water partition coefficient (Wildman–Crippen LogP) is 3.05. The van der Waals surface area contributed by atoms with Gasteiger partial charge in [0.1, 0.15) is 0 Å². The number of benzene rings is 1. The fraction of sp³-hybridized carbons (Fsp3) is 0.571. The van der Waals surface area contributed by atoms with Crippen molar-refractivity contribution in [3.63, 3.8) is 0 Å². The minimum absolute atomic E-state index is 0.611. The molecule has 0 aliphatic heterocycles. The zero-order chi connectivity index (χ0) is 12.7. The fourth-order valence-corrected chi connectivity index (χ4v) is 1.48. The van der Waals surface area contributed by atoms with E-state index in [0.717, 1.165) is 43.1 Å². The first-order chi connectivity index (χ1) is 8.09. The van der Waals surface area contributed by atoms with Crippen molar-refractivity contribution in [2.75, 3.05) is 30.8 Å². The molecule has 0 aliphatic carbocycles. The third-order valence-corrected chi connectivity index (χ3v) is 2.52. The lowest BCUT2D eigenvalue weighted by atomic mass is 10.2. The molecule has 0 saturated heterocycles. The van der Waals surface area contributed by atoms with E-state index in [2.05, 4.69) is 25.2 Å². The molecule has 0 aromatic heterocycles. The van der Waals surface area contributed by atoms with Gasteiger partial charge in [0, 0.05) is 31.1 Å². The highest BCUT2D eigenvalue weighted by Gasteiger charge is 1.97. The van der Waals surface area contributed by atoms with Crippen molar-refractivity contribution in [1.29, 1.82) is 0 Å². The second kappa shape index (κ2) is 7.17. The van der Waals surface area contributed by atoms with Gasteiger partial charge in [0.25, 0.3) is 0 Å². The molecule has 1 rings (SSSR count). The Bertz CT molecular complexity index is 337. The Labute approximate surface area is 104 Å². The maximum Gasteiger partial charge on any atom is 0.0489 e. The Morgan fingerprint density at radius 2 is 2.12 bits per heavy atom. The summed E-state index contributed by atoms with van der Waals surface area (Å²) in [6.07, 6.45) is 1.01. The average Bonchev–Trinajstić information content (AvgIpc) is 2.27. The van der Waals surface area contributed by atoms with Gasteiger partial charge in [-0.3, -0.25) is 0 Å². The van der Waals surface area contributed by atoms with Crippen LogP contribution in [0.2, 0.25) is 0 Å². The van der Waals surface area contributed by atoms with Crippen molar-refractivity contribution in [3.05, 3.63) is 23.8 Å². The number of aryl methyl sites for hydroxylation is 1. The third-order valence-electron chi connectivity index (χ3n) is 2.52. The van der Waals surface area contributed by atoms with E-state index in [1.807, 2.05) is 19.1 Å². The van der Waals surface area contributed by atoms with Gasteiger partial charge in [-0.1, -0.05) is 19.9 Å². The quantitative estimate of drug-likeness (QED) is 0.565. The molecule has 0 heterocycles. The Hall–Kier alpha value is -1.22. The number of nitrogens with two attached hydrogens (primary N) is 1. The molecule has 0 radical (unpaired) electrons. The van der Waals surface area contributed by atoms with E-state index in [1.54, 1.807) is 0 Å². The standard InChI is InChI=1S/C14H24N2O/c1-11(2)10-17-8-4-7-16-13-6-5-12(3)14(15)9-13/h5-6,9,11,16H,4,7-8,10,15H2,1-3H3. The van der Waals surface area contributed by atoms with Gasteiger partial charge in [-0.25, -0.2) is 0 Å². The van der Waals surface area contributed by atoms with Gasteiger partial charge in [-0.15, -0.1) is 0 Å². The summed E-state index contributed by atoms with van der Waals surface area (Å²) in [4.78, 5) is 0. The van der Waals surface area contributed by atoms with Crippen LogP contribution >= 0.6 is 0 Å². The van der Waals surface area contributed by atoms with Crippen LogP contribution in [0, 0.1) is 12.8 Å². The van der Waals surface area contributed by atoms with Crippen LogP contribution in [0.5, 0.6) is 0 Å². The molecule has 3 N–H and O–H groups in total. The van der Waals surface area contributed by atoms with Crippen molar-refractivity contribution >= 4 is 11.4 Å². The van der Waals surface area contributed by atoms with Gasteiger partial charge < -0.3 is 15.8 Å². The van der Waals surface area contributed by atoms with Gasteiger partial charge >= 0.3 is 0 Å². The minimum atomic E-state index is 0.611. The molecule has 0 spiro atoms. The number of anilines is 2. The van der Waals surface area contributed by atoms with Crippen molar-refractivity contribution in [3.8, 4) is 0 Å². The van der Waals surface area contributed by atoms with E-state index in [1.165, 1.54) is 0 Å². The average molecular weight is 236 g/mol. The topological polar surface area (TPSA) is 47.3 Å². The zero-order valence-electron chi connectivity index (χ0n) is 11.1. The summed E-state index contributed by atoms with van der Waals surface area (Å²) in [6.45, 7) is 8.91. The van der Waals surface area contributed by atoms with Crippen molar-refractivity contribution < 1.29 is 4.74 Å². The van der Waals surface area contributed by atoms with E-state index in [9.17, 15) is 0 Å². The predicted molar refractivity (Wildman–Crippen MR) is 74.4 cm³/mol. The normalized spacial score (nSPS) is 10.8. The molecule has 1 aromatic carbocycles. The maximum atomic E-state index is 5.84. The monoisotopic (exact) mass is 236 g/mol. The second-order valence-corrected chi connectivity index (χ2v) is 4.82. The Kier molecular flexibility index (Phi) is 5.84. The molecule has 0 bridgehead atoms. The van der Waals surface area contributed by atoms with Gasteiger partial charge in [-0.05, 0) is 37.0 Å². The lowest BCUT2D eigenvalue weighted by molar-refractivity contribution is 0.110. The molecule has 0 atom stereocenters. The van der Waals surface area contributed by atoms with Crippen LogP contribution in [0.15, 0.2) is 18.2 Å². The summed E-state index contributed by atoms with van der Waals surface area (Å²) in [5.41, 5.74) is 8.88. The number of ether oxygens (including phenoxy) is 1. The highest BCUT2D eigenvalue weighted by Crippen LogP contribution is 2.16. The molecule has 0 aliphatic rings. The molecule has 1 aromatic rings. The Morgan fingerprint density at radius 1 is 1.35 bits per heavy atom. The summed E-state index contributed by atoms with van der Waals surface area (Å²) in [6, 6.07) is 6.07. The largest absolute Gasteiger partial charge is 0.398 e. The van der Waals surface area contributed by atoms with Crippen molar-refractivity contribution in [2.24, 2.45) is 5.92 Å². The Morgan fingerprint density at radius 3 is 2.76 bits per heavy atom. The first-order valence-electron chi connectivity index (χ1n) is 6.27. The number of rotatable bonds is 7. The van der Waals surface area contributed by atoms with E-state index < -0.39 is 0 Å². The zero-order valence-corrected chi connectivity index (χ0v) is 11.1. The summed E-state index contributed by atoms with van der Waals surface area (Å²) >= 11 is 0. The van der Waals surface area contributed by atoms with E-state index >= 15 is 0 Å². The molecular weight excluding hydrogens is 212 g/mol. The van der Waals surface area contributed by atoms with Crippen LogP contribution in [0.3, 0.4) is 0 Å². The van der Waals surface area contributed by atoms with Gasteiger partial charge in [0.15, 0.2) is 0 Å². The molecule has 17 heavy (non-hydrogen) atoms. The van der Waals surface area contributed by atoms with E-state index in [-0.39, 0.29) is 0 Å². The van der Waals surface area contributed by atoms with Crippen LogP contribution in [0.4, 0.5) is 11.4 Å². The van der Waals surface area contributed by atoms with Crippen LogP contribution < -0.4 is 11.1 Å². The Balaban J connectivity index is 2.16. The van der Waals surface area contributed by atoms with Crippen molar-refractivity contribution in [1.82, 2.24) is 0 Å². The smallest absolute Gasteiger partial charge is 0.0489 e. The lowest BCUT2D eigenvalue weighted by Crippen LogP contribution is -2.08. The van der Waals surface area contributed by atoms with Gasteiger partial charge in [-0.2, -0.15) is 0 Å². The third kappa shape index (κ3) is 5.59. The first-order valence-corrected chi connectivity index (χ1v) is 6.27. The van der Waals surface area contributed by atoms with Crippen molar-refractivity contribution in [2.45, 2.75) is 27.2 Å². The lowest BCUT2D eigenvalue weighted by Gasteiger charge is -2.09. The van der Waals surface area contributed by atoms with Crippen LogP contribution in [0.1, 0.15) is 25.8 Å². The van der Waals surface area contributed by atoms with Crippen LogP contribution in [-0.2, 0) is 4.74 Å². The summed E-state index contributed by atoms with van der Waals surface area (Å²) < 4.78 is 5.51. The maximum absolute atomic E-state index is 5.84. The molecule has 0 saturated carbocycles. The molecule has 0 fully saturated rings.